The predicted octanol–water partition coefficient (Wildman–Crippen LogP) is 1.82. The molecule has 0 aromatic carbocycles. The third kappa shape index (κ3) is 7.45. The molecular formula is C14H27NO5. The molecule has 0 aliphatic heterocycles. The fourth-order valence-corrected chi connectivity index (χ4v) is 1.75. The number of carbonyl (C=O) groups excluding carboxylic acids is 1. The lowest BCUT2D eigenvalue weighted by molar-refractivity contribution is -0.209. The molecule has 0 aromatic rings. The van der Waals surface area contributed by atoms with Crippen LogP contribution in [-0.4, -0.2) is 46.4 Å². The average Bonchev–Trinajstić information content (AvgIpc) is 2.35. The lowest BCUT2D eigenvalue weighted by Crippen LogP contribution is -2.46. The van der Waals surface area contributed by atoms with E-state index in [-0.39, 0.29) is 31.3 Å². The SMILES string of the molecule is CCCCCON(C(=O)CC(C)C)[C@@H](CCO)C(=O)O. The van der Waals surface area contributed by atoms with Crippen LogP contribution in [-0.2, 0) is 14.4 Å². The number of rotatable bonds is 11. The molecule has 0 fully saturated rings. The van der Waals surface area contributed by atoms with Gasteiger partial charge in [0, 0.05) is 19.4 Å². The Labute approximate surface area is 120 Å². The molecule has 0 saturated carbocycles. The van der Waals surface area contributed by atoms with Gasteiger partial charge in [-0.15, -0.1) is 0 Å². The molecule has 0 aliphatic rings. The van der Waals surface area contributed by atoms with Crippen LogP contribution in [0.5, 0.6) is 0 Å². The molecule has 1 amide bonds. The summed E-state index contributed by atoms with van der Waals surface area (Å²) < 4.78 is 0. The Morgan fingerprint density at radius 3 is 2.35 bits per heavy atom. The van der Waals surface area contributed by atoms with Crippen molar-refractivity contribution in [3.8, 4) is 0 Å². The van der Waals surface area contributed by atoms with Gasteiger partial charge in [0.2, 0.25) is 5.91 Å². The summed E-state index contributed by atoms with van der Waals surface area (Å²) in [5.41, 5.74) is 0. The van der Waals surface area contributed by atoms with E-state index in [1.807, 2.05) is 20.8 Å². The van der Waals surface area contributed by atoms with Gasteiger partial charge in [-0.1, -0.05) is 33.6 Å². The number of amides is 1. The molecule has 6 nitrogen and oxygen atoms in total. The first-order chi connectivity index (χ1) is 9.43. The van der Waals surface area contributed by atoms with Crippen LogP contribution in [0.25, 0.3) is 0 Å². The van der Waals surface area contributed by atoms with Crippen LogP contribution in [0.15, 0.2) is 0 Å². The van der Waals surface area contributed by atoms with Crippen molar-refractivity contribution in [2.45, 2.75) is 58.9 Å². The zero-order chi connectivity index (χ0) is 15.5. The molecule has 20 heavy (non-hydrogen) atoms. The summed E-state index contributed by atoms with van der Waals surface area (Å²) in [6.45, 7) is 5.82. The average molecular weight is 289 g/mol. The molecule has 0 saturated heterocycles. The third-order valence-electron chi connectivity index (χ3n) is 2.78. The fourth-order valence-electron chi connectivity index (χ4n) is 1.75. The summed E-state index contributed by atoms with van der Waals surface area (Å²) in [6.07, 6.45) is 2.94. The summed E-state index contributed by atoms with van der Waals surface area (Å²) in [4.78, 5) is 28.7. The quantitative estimate of drug-likeness (QED) is 0.447. The first-order valence-corrected chi connectivity index (χ1v) is 7.22. The molecule has 6 heteroatoms. The van der Waals surface area contributed by atoms with Gasteiger partial charge in [0.25, 0.3) is 0 Å². The molecule has 0 aromatic heterocycles. The molecule has 0 aliphatic carbocycles. The van der Waals surface area contributed by atoms with Crippen LogP contribution in [0.2, 0.25) is 0 Å². The molecule has 1 atom stereocenters. The number of aliphatic hydroxyl groups excluding tert-OH is 1. The molecule has 0 rings (SSSR count). The van der Waals surface area contributed by atoms with Crippen LogP contribution in [0.4, 0.5) is 0 Å². The molecule has 0 unspecified atom stereocenters. The van der Waals surface area contributed by atoms with Gasteiger partial charge in [-0.2, -0.15) is 0 Å². The van der Waals surface area contributed by atoms with Gasteiger partial charge in [-0.3, -0.25) is 9.63 Å². The Morgan fingerprint density at radius 2 is 1.90 bits per heavy atom. The van der Waals surface area contributed by atoms with E-state index in [0.29, 0.717) is 6.61 Å². The number of nitrogens with zero attached hydrogens (tertiary/aromatic N) is 1. The van der Waals surface area contributed by atoms with Gasteiger partial charge in [-0.25, -0.2) is 9.86 Å². The number of hydrogen-bond acceptors (Lipinski definition) is 4. The van der Waals surface area contributed by atoms with Crippen LogP contribution in [0.1, 0.15) is 52.9 Å². The van der Waals surface area contributed by atoms with Gasteiger partial charge < -0.3 is 10.2 Å². The highest BCUT2D eigenvalue weighted by molar-refractivity contribution is 5.82. The van der Waals surface area contributed by atoms with Crippen molar-refractivity contribution in [1.82, 2.24) is 5.06 Å². The zero-order valence-corrected chi connectivity index (χ0v) is 12.7. The Morgan fingerprint density at radius 1 is 1.25 bits per heavy atom. The van der Waals surface area contributed by atoms with Gasteiger partial charge in [-0.05, 0) is 12.3 Å². The first-order valence-electron chi connectivity index (χ1n) is 7.22. The van der Waals surface area contributed by atoms with Crippen LogP contribution >= 0.6 is 0 Å². The summed E-state index contributed by atoms with van der Waals surface area (Å²) in [5.74, 6) is -1.39. The standard InChI is InChI=1S/C14H27NO5/c1-4-5-6-9-20-15(13(17)10-11(2)3)12(7-8-16)14(18)19/h11-12,16H,4-10H2,1-3H3,(H,18,19)/t12-/m0/s1. The van der Waals surface area contributed by atoms with Crippen molar-refractivity contribution in [3.63, 3.8) is 0 Å². The van der Waals surface area contributed by atoms with Crippen molar-refractivity contribution < 1.29 is 24.6 Å². The highest BCUT2D eigenvalue weighted by atomic mass is 16.7. The van der Waals surface area contributed by atoms with E-state index in [4.69, 9.17) is 9.94 Å². The van der Waals surface area contributed by atoms with E-state index in [1.54, 1.807) is 0 Å². The van der Waals surface area contributed by atoms with Crippen LogP contribution in [0.3, 0.4) is 0 Å². The van der Waals surface area contributed by atoms with Gasteiger partial charge in [0.05, 0.1) is 6.61 Å². The smallest absolute Gasteiger partial charge is 0.329 e. The van der Waals surface area contributed by atoms with Gasteiger partial charge in [0.1, 0.15) is 0 Å². The van der Waals surface area contributed by atoms with Crippen molar-refractivity contribution >= 4 is 11.9 Å². The van der Waals surface area contributed by atoms with Crippen LogP contribution in [0, 0.1) is 5.92 Å². The largest absolute Gasteiger partial charge is 0.480 e. The Kier molecular flexibility index (Phi) is 10.0. The van der Waals surface area contributed by atoms with Crippen molar-refractivity contribution in [2.75, 3.05) is 13.2 Å². The molecule has 0 spiro atoms. The first kappa shape index (κ1) is 18.9. The van der Waals surface area contributed by atoms with E-state index in [9.17, 15) is 14.7 Å². The lowest BCUT2D eigenvalue weighted by atomic mass is 10.1. The number of carboxylic acids is 1. The van der Waals surface area contributed by atoms with E-state index in [0.717, 1.165) is 24.3 Å². The van der Waals surface area contributed by atoms with E-state index in [2.05, 4.69) is 0 Å². The maximum absolute atomic E-state index is 12.1. The monoisotopic (exact) mass is 289 g/mol. The van der Waals surface area contributed by atoms with Crippen molar-refractivity contribution in [1.29, 1.82) is 0 Å². The third-order valence-corrected chi connectivity index (χ3v) is 2.78. The molecule has 2 N–H and O–H groups in total. The molecule has 0 bridgehead atoms. The number of unbranched alkanes of at least 4 members (excludes halogenated alkanes) is 2. The number of carbonyl (C=O) groups is 2. The minimum Gasteiger partial charge on any atom is -0.480 e. The second-order valence-electron chi connectivity index (χ2n) is 5.22. The van der Waals surface area contributed by atoms with E-state index < -0.39 is 12.0 Å². The number of hydrogen-bond donors (Lipinski definition) is 2. The highest BCUT2D eigenvalue weighted by Crippen LogP contribution is 2.12. The molecule has 118 valence electrons. The number of carboxylic acid groups (broad SMARTS) is 1. The summed E-state index contributed by atoms with van der Waals surface area (Å²) in [6, 6.07) is -1.13. The maximum atomic E-state index is 12.1. The summed E-state index contributed by atoms with van der Waals surface area (Å²) in [5, 5.41) is 19.1. The normalized spacial score (nSPS) is 12.4. The molecule has 0 heterocycles. The second-order valence-corrected chi connectivity index (χ2v) is 5.22. The van der Waals surface area contributed by atoms with Crippen molar-refractivity contribution in [3.05, 3.63) is 0 Å². The van der Waals surface area contributed by atoms with Gasteiger partial charge in [0.15, 0.2) is 6.04 Å². The highest BCUT2D eigenvalue weighted by Gasteiger charge is 2.30. The van der Waals surface area contributed by atoms with Crippen LogP contribution < -0.4 is 0 Å². The Hall–Kier alpha value is -1.14. The van der Waals surface area contributed by atoms with E-state index >= 15 is 0 Å². The minimum atomic E-state index is -1.16. The van der Waals surface area contributed by atoms with Crippen molar-refractivity contribution in [2.24, 2.45) is 5.92 Å². The number of aliphatic hydroxyl groups is 1. The minimum absolute atomic E-state index is 0.0348. The maximum Gasteiger partial charge on any atom is 0.329 e. The fraction of sp³-hybridized carbons (Fsp3) is 0.857. The number of aliphatic carboxylic acids is 1. The summed E-state index contributed by atoms with van der Waals surface area (Å²) in [7, 11) is 0. The molecule has 0 radical (unpaired) electrons. The zero-order valence-electron chi connectivity index (χ0n) is 12.7. The predicted molar refractivity (Wildman–Crippen MR) is 74.9 cm³/mol. The second kappa shape index (κ2) is 10.6. The Bertz CT molecular complexity index is 293. The summed E-state index contributed by atoms with van der Waals surface area (Å²) >= 11 is 0. The van der Waals surface area contributed by atoms with E-state index in [1.165, 1.54) is 0 Å². The number of hydroxylamine groups is 2. The van der Waals surface area contributed by atoms with Gasteiger partial charge >= 0.3 is 5.97 Å². The topological polar surface area (TPSA) is 87.1 Å². The Balaban J connectivity index is 4.73. The molecular weight excluding hydrogens is 262 g/mol. The lowest BCUT2D eigenvalue weighted by Gasteiger charge is -2.28.